The van der Waals surface area contributed by atoms with Crippen LogP contribution in [0.2, 0.25) is 0 Å². The van der Waals surface area contributed by atoms with Crippen molar-refractivity contribution in [2.75, 3.05) is 6.61 Å². The van der Waals surface area contributed by atoms with Gasteiger partial charge in [-0.25, -0.2) is 9.78 Å². The van der Waals surface area contributed by atoms with Crippen LogP contribution in [0.1, 0.15) is 59.4 Å². The lowest BCUT2D eigenvalue weighted by Gasteiger charge is -2.20. The van der Waals surface area contributed by atoms with E-state index >= 15 is 0 Å². The highest BCUT2D eigenvalue weighted by Crippen LogP contribution is 2.32. The van der Waals surface area contributed by atoms with Crippen LogP contribution in [-0.2, 0) is 10.5 Å². The van der Waals surface area contributed by atoms with E-state index in [9.17, 15) is 4.79 Å². The molecule has 5 heteroatoms. The monoisotopic (exact) mass is 299 g/mol. The lowest BCUT2D eigenvalue weighted by molar-refractivity contribution is 0.0519. The maximum absolute atomic E-state index is 11.7. The topological polar surface area (TPSA) is 39.2 Å². The molecule has 1 aliphatic carbocycles. The van der Waals surface area contributed by atoms with Gasteiger partial charge in [-0.2, -0.15) is 11.8 Å². The zero-order chi connectivity index (χ0) is 13.7. The molecule has 106 valence electrons. The van der Waals surface area contributed by atoms with Crippen LogP contribution in [0.3, 0.4) is 0 Å². The summed E-state index contributed by atoms with van der Waals surface area (Å²) in [7, 11) is 0. The van der Waals surface area contributed by atoms with Crippen LogP contribution in [0.25, 0.3) is 0 Å². The number of thiazole rings is 1. The van der Waals surface area contributed by atoms with Crippen LogP contribution in [0.4, 0.5) is 0 Å². The fraction of sp³-hybridized carbons (Fsp3) is 0.714. The first kappa shape index (κ1) is 14.9. The van der Waals surface area contributed by atoms with Gasteiger partial charge in [0, 0.05) is 15.9 Å². The standard InChI is InChI=1S/C14H21NO2S2/c1-3-17-14(16)13-10(2)19-12(15-13)9-18-11-7-5-4-6-8-11/h11H,3-9H2,1-2H3. The average molecular weight is 299 g/mol. The van der Waals surface area contributed by atoms with Crippen molar-refractivity contribution in [1.82, 2.24) is 4.98 Å². The van der Waals surface area contributed by atoms with E-state index < -0.39 is 0 Å². The molecule has 1 aromatic heterocycles. The van der Waals surface area contributed by atoms with Crippen molar-refractivity contribution in [3.05, 3.63) is 15.6 Å². The zero-order valence-electron chi connectivity index (χ0n) is 11.6. The molecule has 0 saturated heterocycles. The molecule has 0 amide bonds. The Morgan fingerprint density at radius 1 is 1.42 bits per heavy atom. The first-order valence-corrected chi connectivity index (χ1v) is 8.82. The molecule has 1 heterocycles. The van der Waals surface area contributed by atoms with Gasteiger partial charge >= 0.3 is 5.97 Å². The molecule has 3 nitrogen and oxygen atoms in total. The smallest absolute Gasteiger partial charge is 0.358 e. The molecule has 0 aromatic carbocycles. The Hall–Kier alpha value is -0.550. The van der Waals surface area contributed by atoms with E-state index in [-0.39, 0.29) is 5.97 Å². The number of rotatable bonds is 5. The van der Waals surface area contributed by atoms with Crippen molar-refractivity contribution in [3.8, 4) is 0 Å². The Bertz CT molecular complexity index is 425. The highest BCUT2D eigenvalue weighted by atomic mass is 32.2. The van der Waals surface area contributed by atoms with E-state index in [0.29, 0.717) is 12.3 Å². The molecular formula is C14H21NO2S2. The number of thioether (sulfide) groups is 1. The third-order valence-electron chi connectivity index (χ3n) is 3.30. The Labute approximate surface area is 123 Å². The van der Waals surface area contributed by atoms with Crippen LogP contribution in [0.5, 0.6) is 0 Å². The molecule has 1 saturated carbocycles. The number of hydrogen-bond acceptors (Lipinski definition) is 5. The van der Waals surface area contributed by atoms with Gasteiger partial charge in [0.05, 0.1) is 6.61 Å². The summed E-state index contributed by atoms with van der Waals surface area (Å²) in [6, 6.07) is 0. The van der Waals surface area contributed by atoms with Crippen molar-refractivity contribution < 1.29 is 9.53 Å². The summed E-state index contributed by atoms with van der Waals surface area (Å²) >= 11 is 3.62. The number of ether oxygens (including phenoxy) is 1. The van der Waals surface area contributed by atoms with Crippen molar-refractivity contribution >= 4 is 29.1 Å². The fourth-order valence-corrected chi connectivity index (χ4v) is 4.59. The Balaban J connectivity index is 1.90. The third kappa shape index (κ3) is 4.21. The molecule has 0 atom stereocenters. The summed E-state index contributed by atoms with van der Waals surface area (Å²) in [4.78, 5) is 17.1. The minimum atomic E-state index is -0.287. The van der Waals surface area contributed by atoms with Gasteiger partial charge in [0.15, 0.2) is 5.69 Å². The van der Waals surface area contributed by atoms with Crippen LogP contribution < -0.4 is 0 Å². The minimum absolute atomic E-state index is 0.287. The number of aromatic nitrogens is 1. The predicted molar refractivity (Wildman–Crippen MR) is 81.0 cm³/mol. The number of carbonyl (C=O) groups is 1. The molecule has 0 N–H and O–H groups in total. The SMILES string of the molecule is CCOC(=O)c1nc(CSC2CCCCC2)sc1C. The first-order valence-electron chi connectivity index (χ1n) is 6.95. The quantitative estimate of drug-likeness (QED) is 0.764. The summed E-state index contributed by atoms with van der Waals surface area (Å²) in [5.74, 6) is 0.639. The van der Waals surface area contributed by atoms with Crippen molar-refractivity contribution in [1.29, 1.82) is 0 Å². The Morgan fingerprint density at radius 2 is 2.16 bits per heavy atom. The van der Waals surface area contributed by atoms with E-state index in [1.807, 2.05) is 25.6 Å². The summed E-state index contributed by atoms with van der Waals surface area (Å²) in [5.41, 5.74) is 0.506. The largest absolute Gasteiger partial charge is 0.461 e. The maximum atomic E-state index is 11.7. The van der Waals surface area contributed by atoms with Crippen LogP contribution in [0, 0.1) is 6.92 Å². The molecular weight excluding hydrogens is 278 g/mol. The molecule has 0 spiro atoms. The summed E-state index contributed by atoms with van der Waals surface area (Å²) in [5, 5.41) is 1.83. The van der Waals surface area contributed by atoms with Gasteiger partial charge in [-0.05, 0) is 26.7 Å². The van der Waals surface area contributed by atoms with E-state index in [0.717, 1.165) is 20.9 Å². The molecule has 0 aliphatic heterocycles. The van der Waals surface area contributed by atoms with Crippen LogP contribution in [-0.4, -0.2) is 22.8 Å². The summed E-state index contributed by atoms with van der Waals surface area (Å²) in [6.07, 6.45) is 6.78. The highest BCUT2D eigenvalue weighted by Gasteiger charge is 2.18. The van der Waals surface area contributed by atoms with Crippen molar-refractivity contribution in [2.24, 2.45) is 0 Å². The number of hydrogen-bond donors (Lipinski definition) is 0. The Morgan fingerprint density at radius 3 is 2.84 bits per heavy atom. The highest BCUT2D eigenvalue weighted by molar-refractivity contribution is 7.99. The molecule has 2 rings (SSSR count). The van der Waals surface area contributed by atoms with Gasteiger partial charge < -0.3 is 4.74 Å². The van der Waals surface area contributed by atoms with Gasteiger partial charge in [0.1, 0.15) is 5.01 Å². The normalized spacial score (nSPS) is 16.5. The van der Waals surface area contributed by atoms with Gasteiger partial charge in [0.25, 0.3) is 0 Å². The van der Waals surface area contributed by atoms with Crippen molar-refractivity contribution in [3.63, 3.8) is 0 Å². The van der Waals surface area contributed by atoms with E-state index in [1.165, 1.54) is 32.1 Å². The lowest BCUT2D eigenvalue weighted by Crippen LogP contribution is -2.08. The van der Waals surface area contributed by atoms with Gasteiger partial charge in [-0.3, -0.25) is 0 Å². The first-order chi connectivity index (χ1) is 9.20. The number of carbonyl (C=O) groups excluding carboxylic acids is 1. The second kappa shape index (κ2) is 7.29. The molecule has 1 fully saturated rings. The number of nitrogens with zero attached hydrogens (tertiary/aromatic N) is 1. The van der Waals surface area contributed by atoms with E-state index in [1.54, 1.807) is 11.3 Å². The second-order valence-corrected chi connectivity index (χ2v) is 7.38. The molecule has 0 bridgehead atoms. The third-order valence-corrected chi connectivity index (χ3v) is 5.84. The fourth-order valence-electron chi connectivity index (χ4n) is 2.32. The molecule has 19 heavy (non-hydrogen) atoms. The van der Waals surface area contributed by atoms with Crippen LogP contribution in [0.15, 0.2) is 0 Å². The zero-order valence-corrected chi connectivity index (χ0v) is 13.2. The van der Waals surface area contributed by atoms with Crippen LogP contribution >= 0.6 is 23.1 Å². The minimum Gasteiger partial charge on any atom is -0.461 e. The van der Waals surface area contributed by atoms with Gasteiger partial charge in [0.2, 0.25) is 0 Å². The lowest BCUT2D eigenvalue weighted by atomic mass is 10.0. The molecule has 1 aliphatic rings. The number of esters is 1. The molecule has 0 unspecified atom stereocenters. The molecule has 0 radical (unpaired) electrons. The Kier molecular flexibility index (Phi) is 5.70. The predicted octanol–water partition coefficient (Wildman–Crippen LogP) is 4.19. The van der Waals surface area contributed by atoms with Gasteiger partial charge in [-0.1, -0.05) is 19.3 Å². The summed E-state index contributed by atoms with van der Waals surface area (Å²) in [6.45, 7) is 4.17. The maximum Gasteiger partial charge on any atom is 0.358 e. The average Bonchev–Trinajstić information content (AvgIpc) is 2.79. The van der Waals surface area contributed by atoms with E-state index in [2.05, 4.69) is 4.98 Å². The number of aryl methyl sites for hydroxylation is 1. The molecule has 1 aromatic rings. The van der Waals surface area contributed by atoms with Crippen molar-refractivity contribution in [2.45, 2.75) is 57.0 Å². The van der Waals surface area contributed by atoms with Gasteiger partial charge in [-0.15, -0.1) is 11.3 Å². The van der Waals surface area contributed by atoms with E-state index in [4.69, 9.17) is 4.74 Å². The second-order valence-electron chi connectivity index (χ2n) is 4.80. The summed E-state index contributed by atoms with van der Waals surface area (Å²) < 4.78 is 5.01.